The van der Waals surface area contributed by atoms with Crippen LogP contribution in [0.5, 0.6) is 5.75 Å². The molecule has 0 spiro atoms. The van der Waals surface area contributed by atoms with Gasteiger partial charge in [-0.15, -0.1) is 5.10 Å². The highest BCUT2D eigenvalue weighted by molar-refractivity contribution is 7.98. The summed E-state index contributed by atoms with van der Waals surface area (Å²) in [5, 5.41) is 12.7. The fourth-order valence-electron chi connectivity index (χ4n) is 3.40. The third-order valence-electron chi connectivity index (χ3n) is 5.11. The predicted octanol–water partition coefficient (Wildman–Crippen LogP) is 2.97. The van der Waals surface area contributed by atoms with Crippen LogP contribution >= 0.6 is 11.8 Å². The number of tetrazole rings is 1. The summed E-state index contributed by atoms with van der Waals surface area (Å²) in [5.74, 6) is 2.12. The van der Waals surface area contributed by atoms with Crippen LogP contribution in [-0.4, -0.2) is 63.7 Å². The Balaban J connectivity index is 1.64. The molecule has 4 aromatic rings. The first-order valence-corrected chi connectivity index (χ1v) is 12.7. The topological polar surface area (TPSA) is 108 Å². The van der Waals surface area contributed by atoms with Crippen molar-refractivity contribution in [3.05, 3.63) is 48.3 Å². The SMILES string of the molecule is CCCn1c(CSc2nnnn2-c2ccc(OC)cc2)nc2cc(S(=O)(=O)N(C)C)ccc21. The minimum absolute atomic E-state index is 0.226. The summed E-state index contributed by atoms with van der Waals surface area (Å²) in [6.07, 6.45) is 0.921. The Labute approximate surface area is 196 Å². The minimum atomic E-state index is -3.53. The Morgan fingerprint density at radius 3 is 2.55 bits per heavy atom. The van der Waals surface area contributed by atoms with Gasteiger partial charge in [0, 0.05) is 20.6 Å². The number of hydrogen-bond acceptors (Lipinski definition) is 8. The highest BCUT2D eigenvalue weighted by Crippen LogP contribution is 2.27. The van der Waals surface area contributed by atoms with E-state index in [2.05, 4.69) is 27.0 Å². The second-order valence-corrected chi connectivity index (χ2v) is 10.6. The van der Waals surface area contributed by atoms with Crippen molar-refractivity contribution in [2.75, 3.05) is 21.2 Å². The van der Waals surface area contributed by atoms with Gasteiger partial charge in [-0.2, -0.15) is 4.68 Å². The molecular formula is C21H25N7O3S2. The van der Waals surface area contributed by atoms with Crippen molar-refractivity contribution in [3.63, 3.8) is 0 Å². The van der Waals surface area contributed by atoms with Crippen LogP contribution in [0, 0.1) is 0 Å². The number of fused-ring (bicyclic) bond motifs is 1. The van der Waals surface area contributed by atoms with Gasteiger partial charge < -0.3 is 9.30 Å². The zero-order chi connectivity index (χ0) is 23.6. The van der Waals surface area contributed by atoms with E-state index in [9.17, 15) is 8.42 Å². The van der Waals surface area contributed by atoms with E-state index in [1.807, 2.05) is 30.3 Å². The summed E-state index contributed by atoms with van der Waals surface area (Å²) in [5.41, 5.74) is 2.38. The van der Waals surface area contributed by atoms with E-state index in [1.54, 1.807) is 23.9 Å². The number of sulfonamides is 1. The van der Waals surface area contributed by atoms with Crippen molar-refractivity contribution in [1.82, 2.24) is 34.1 Å². The summed E-state index contributed by atoms with van der Waals surface area (Å²) >= 11 is 1.47. The standard InChI is InChI=1S/C21H25N7O3S2/c1-5-12-27-19-11-10-17(33(29,30)26(2)3)13-18(19)22-20(27)14-32-21-23-24-25-28(21)15-6-8-16(31-4)9-7-15/h6-11,13H,5,12,14H2,1-4H3. The number of benzene rings is 2. The van der Waals surface area contributed by atoms with Gasteiger partial charge in [-0.1, -0.05) is 18.7 Å². The summed E-state index contributed by atoms with van der Waals surface area (Å²) in [6.45, 7) is 2.87. The maximum Gasteiger partial charge on any atom is 0.242 e. The lowest BCUT2D eigenvalue weighted by molar-refractivity contribution is 0.414. The monoisotopic (exact) mass is 487 g/mol. The van der Waals surface area contributed by atoms with Gasteiger partial charge in [-0.3, -0.25) is 0 Å². The van der Waals surface area contributed by atoms with Crippen molar-refractivity contribution in [2.24, 2.45) is 0 Å². The van der Waals surface area contributed by atoms with E-state index >= 15 is 0 Å². The molecule has 0 amide bonds. The molecule has 0 fully saturated rings. The van der Waals surface area contributed by atoms with Crippen LogP contribution in [-0.2, 0) is 22.3 Å². The molecular weight excluding hydrogens is 462 g/mol. The van der Waals surface area contributed by atoms with E-state index in [1.165, 1.54) is 30.2 Å². The zero-order valence-corrected chi connectivity index (χ0v) is 20.5. The Morgan fingerprint density at radius 1 is 1.12 bits per heavy atom. The molecule has 0 N–H and O–H groups in total. The first-order valence-electron chi connectivity index (χ1n) is 10.3. The molecule has 0 aliphatic heterocycles. The molecule has 0 unspecified atom stereocenters. The molecule has 0 aliphatic rings. The van der Waals surface area contributed by atoms with Gasteiger partial charge in [-0.25, -0.2) is 17.7 Å². The number of thioether (sulfide) groups is 1. The Hall–Kier alpha value is -2.96. The number of aryl methyl sites for hydroxylation is 1. The molecule has 12 heteroatoms. The first kappa shape index (κ1) is 23.2. The van der Waals surface area contributed by atoms with Crippen LogP contribution in [0.1, 0.15) is 19.2 Å². The number of hydrogen-bond donors (Lipinski definition) is 0. The highest BCUT2D eigenvalue weighted by atomic mass is 32.2. The lowest BCUT2D eigenvalue weighted by Crippen LogP contribution is -2.22. The highest BCUT2D eigenvalue weighted by Gasteiger charge is 2.20. The molecule has 2 aromatic carbocycles. The average Bonchev–Trinajstić information content (AvgIpc) is 3.42. The molecule has 0 aliphatic carbocycles. The number of imidazole rings is 1. The fraction of sp³-hybridized carbons (Fsp3) is 0.333. The van der Waals surface area contributed by atoms with Crippen LogP contribution < -0.4 is 4.74 Å². The number of rotatable bonds is 9. The van der Waals surface area contributed by atoms with Crippen molar-refractivity contribution < 1.29 is 13.2 Å². The van der Waals surface area contributed by atoms with E-state index < -0.39 is 10.0 Å². The molecule has 2 heterocycles. The van der Waals surface area contributed by atoms with Gasteiger partial charge in [-0.05, 0) is 59.3 Å². The van der Waals surface area contributed by atoms with Gasteiger partial charge in [0.15, 0.2) is 0 Å². The fourth-order valence-corrected chi connectivity index (χ4v) is 5.16. The van der Waals surface area contributed by atoms with E-state index in [-0.39, 0.29) is 4.90 Å². The Bertz CT molecular complexity index is 1360. The molecule has 0 atom stereocenters. The average molecular weight is 488 g/mol. The molecule has 0 radical (unpaired) electrons. The molecule has 0 saturated heterocycles. The maximum absolute atomic E-state index is 12.5. The van der Waals surface area contributed by atoms with Gasteiger partial charge >= 0.3 is 0 Å². The van der Waals surface area contributed by atoms with Crippen LogP contribution in [0.4, 0.5) is 0 Å². The summed E-state index contributed by atoms with van der Waals surface area (Å²) in [4.78, 5) is 4.98. The van der Waals surface area contributed by atoms with Gasteiger partial charge in [0.1, 0.15) is 11.6 Å². The molecule has 2 aromatic heterocycles. The van der Waals surface area contributed by atoms with Crippen LogP contribution in [0.25, 0.3) is 16.7 Å². The van der Waals surface area contributed by atoms with Crippen molar-refractivity contribution >= 4 is 32.8 Å². The summed E-state index contributed by atoms with van der Waals surface area (Å²) in [6, 6.07) is 12.6. The molecule has 4 rings (SSSR count). The van der Waals surface area contributed by atoms with Crippen molar-refractivity contribution in [1.29, 1.82) is 0 Å². The van der Waals surface area contributed by atoms with Crippen LogP contribution in [0.15, 0.2) is 52.5 Å². The first-order chi connectivity index (χ1) is 15.8. The number of nitrogens with zero attached hydrogens (tertiary/aromatic N) is 7. The third kappa shape index (κ3) is 4.59. The largest absolute Gasteiger partial charge is 0.497 e. The van der Waals surface area contributed by atoms with Crippen LogP contribution in [0.2, 0.25) is 0 Å². The lowest BCUT2D eigenvalue weighted by Gasteiger charge is -2.11. The summed E-state index contributed by atoms with van der Waals surface area (Å²) < 4.78 is 35.3. The predicted molar refractivity (Wildman–Crippen MR) is 126 cm³/mol. The Kier molecular flexibility index (Phi) is 6.68. The quantitative estimate of drug-likeness (QED) is 0.332. The smallest absolute Gasteiger partial charge is 0.242 e. The molecule has 33 heavy (non-hydrogen) atoms. The van der Waals surface area contributed by atoms with E-state index in [4.69, 9.17) is 9.72 Å². The van der Waals surface area contributed by atoms with Gasteiger partial charge in [0.2, 0.25) is 15.2 Å². The number of aromatic nitrogens is 6. The maximum atomic E-state index is 12.5. The second-order valence-electron chi connectivity index (χ2n) is 7.48. The number of ether oxygens (including phenoxy) is 1. The molecule has 0 saturated carbocycles. The van der Waals surface area contributed by atoms with Gasteiger partial charge in [0.25, 0.3) is 0 Å². The molecule has 0 bridgehead atoms. The summed E-state index contributed by atoms with van der Waals surface area (Å²) in [7, 11) is 1.12. The van der Waals surface area contributed by atoms with Gasteiger partial charge in [0.05, 0.1) is 34.5 Å². The van der Waals surface area contributed by atoms with Crippen molar-refractivity contribution in [3.8, 4) is 11.4 Å². The minimum Gasteiger partial charge on any atom is -0.497 e. The van der Waals surface area contributed by atoms with E-state index in [0.29, 0.717) is 16.4 Å². The lowest BCUT2D eigenvalue weighted by atomic mass is 10.3. The van der Waals surface area contributed by atoms with Crippen molar-refractivity contribution in [2.45, 2.75) is 35.7 Å². The van der Waals surface area contributed by atoms with E-state index in [0.717, 1.165) is 35.7 Å². The normalized spacial score (nSPS) is 12.0. The van der Waals surface area contributed by atoms with Crippen LogP contribution in [0.3, 0.4) is 0 Å². The second kappa shape index (κ2) is 9.49. The number of methoxy groups -OCH3 is 1. The Morgan fingerprint density at radius 2 is 1.88 bits per heavy atom. The zero-order valence-electron chi connectivity index (χ0n) is 18.8. The molecule has 10 nitrogen and oxygen atoms in total. The third-order valence-corrected chi connectivity index (χ3v) is 7.84. The molecule has 174 valence electrons.